The fraction of sp³-hybridized carbons (Fsp3) is 0.200. The van der Waals surface area contributed by atoms with E-state index in [9.17, 15) is 0 Å². The molecule has 0 aromatic heterocycles. The normalized spacial score (nSPS) is 11.1. The van der Waals surface area contributed by atoms with Crippen LogP contribution in [0.5, 0.6) is 0 Å². The van der Waals surface area contributed by atoms with E-state index < -0.39 is 0 Å². The van der Waals surface area contributed by atoms with Gasteiger partial charge in [0.05, 0.1) is 0 Å². The average Bonchev–Trinajstić information content (AvgIpc) is 2.81. The van der Waals surface area contributed by atoms with Gasteiger partial charge in [-0.05, 0) is 84.0 Å². The Morgan fingerprint density at radius 1 is 0.594 bits per heavy atom. The molecule has 0 unspecified atom stereocenters. The largest absolute Gasteiger partial charge is 0.103 e. The summed E-state index contributed by atoms with van der Waals surface area (Å²) < 4.78 is 0. The third-order valence-electron chi connectivity index (χ3n) is 5.57. The second-order valence-electron chi connectivity index (χ2n) is 7.96. The van der Waals surface area contributed by atoms with Crippen molar-refractivity contribution in [3.05, 3.63) is 130 Å². The molecule has 0 saturated carbocycles. The van der Waals surface area contributed by atoms with Gasteiger partial charge in [-0.2, -0.15) is 0 Å². The van der Waals surface area contributed by atoms with E-state index in [0.29, 0.717) is 0 Å². The van der Waals surface area contributed by atoms with Crippen molar-refractivity contribution in [1.82, 2.24) is 0 Å². The number of aryl methyl sites for hydroxylation is 2. The van der Waals surface area contributed by atoms with Crippen molar-refractivity contribution in [1.29, 1.82) is 0 Å². The quantitative estimate of drug-likeness (QED) is 0.250. The molecule has 0 bridgehead atoms. The second kappa shape index (κ2) is 12.5. The summed E-state index contributed by atoms with van der Waals surface area (Å²) in [6, 6.07) is 21.4. The van der Waals surface area contributed by atoms with Gasteiger partial charge >= 0.3 is 0 Å². The molecular weight excluding hydrogens is 431 g/mol. The number of allylic oxidation sites excluding steroid dienone is 4. The minimum absolute atomic E-state index is 0.824. The van der Waals surface area contributed by atoms with Crippen LogP contribution in [0.25, 0.3) is 11.1 Å². The van der Waals surface area contributed by atoms with Crippen molar-refractivity contribution in [2.24, 2.45) is 0 Å². The first-order valence-electron chi connectivity index (χ1n) is 11.1. The maximum Gasteiger partial charge on any atom is 0.0444 e. The van der Waals surface area contributed by atoms with E-state index in [1.54, 1.807) is 0 Å². The van der Waals surface area contributed by atoms with Crippen LogP contribution in [-0.2, 0) is 25.7 Å². The molecule has 0 aliphatic heterocycles. The zero-order chi connectivity index (χ0) is 22.8. The summed E-state index contributed by atoms with van der Waals surface area (Å²) in [7, 11) is 0. The summed E-state index contributed by atoms with van der Waals surface area (Å²) in [5.74, 6) is 0. The van der Waals surface area contributed by atoms with Crippen LogP contribution in [0.4, 0.5) is 0 Å². The third kappa shape index (κ3) is 6.99. The molecular formula is C30H30Cl2. The molecule has 0 atom stereocenters. The van der Waals surface area contributed by atoms with Crippen molar-refractivity contribution in [3.8, 4) is 11.1 Å². The van der Waals surface area contributed by atoms with Crippen LogP contribution in [-0.4, -0.2) is 0 Å². The molecule has 0 heterocycles. The Labute approximate surface area is 202 Å². The lowest BCUT2D eigenvalue weighted by molar-refractivity contribution is 1.00. The van der Waals surface area contributed by atoms with Gasteiger partial charge in [0.25, 0.3) is 0 Å². The Morgan fingerprint density at radius 2 is 1.09 bits per heavy atom. The van der Waals surface area contributed by atoms with Crippen LogP contribution in [0, 0.1) is 0 Å². The lowest BCUT2D eigenvalue weighted by Gasteiger charge is -2.08. The van der Waals surface area contributed by atoms with Crippen molar-refractivity contribution in [2.45, 2.75) is 38.5 Å². The van der Waals surface area contributed by atoms with Gasteiger partial charge in [0.2, 0.25) is 0 Å². The van der Waals surface area contributed by atoms with E-state index in [4.69, 9.17) is 23.2 Å². The molecule has 0 saturated heterocycles. The minimum atomic E-state index is 0.824. The molecule has 0 nitrogen and oxygen atoms in total. The van der Waals surface area contributed by atoms with Crippen molar-refractivity contribution >= 4 is 23.2 Å². The predicted molar refractivity (Wildman–Crippen MR) is 142 cm³/mol. The number of hydrogen-bond donors (Lipinski definition) is 0. The molecule has 32 heavy (non-hydrogen) atoms. The first-order valence-corrected chi connectivity index (χ1v) is 11.9. The zero-order valence-corrected chi connectivity index (χ0v) is 20.0. The molecule has 0 radical (unpaired) electrons. The van der Waals surface area contributed by atoms with Crippen LogP contribution in [0.15, 0.2) is 98.1 Å². The van der Waals surface area contributed by atoms with Gasteiger partial charge in [0.1, 0.15) is 0 Å². The maximum absolute atomic E-state index is 6.47. The lowest BCUT2D eigenvalue weighted by atomic mass is 10.00. The van der Waals surface area contributed by atoms with Crippen LogP contribution < -0.4 is 0 Å². The van der Waals surface area contributed by atoms with Gasteiger partial charge in [0, 0.05) is 10.0 Å². The van der Waals surface area contributed by atoms with E-state index in [1.165, 1.54) is 27.8 Å². The van der Waals surface area contributed by atoms with Crippen LogP contribution in [0.3, 0.4) is 0 Å². The monoisotopic (exact) mass is 460 g/mol. The van der Waals surface area contributed by atoms with E-state index in [2.05, 4.69) is 86.0 Å². The van der Waals surface area contributed by atoms with Gasteiger partial charge in [0.15, 0.2) is 0 Å². The van der Waals surface area contributed by atoms with Crippen molar-refractivity contribution in [3.63, 3.8) is 0 Å². The van der Waals surface area contributed by atoms with E-state index in [1.807, 2.05) is 12.2 Å². The maximum atomic E-state index is 6.47. The Bertz CT molecular complexity index is 1070. The molecule has 0 aliphatic rings. The van der Waals surface area contributed by atoms with Crippen LogP contribution in [0.2, 0.25) is 10.0 Å². The summed E-state index contributed by atoms with van der Waals surface area (Å²) in [6.45, 7) is 7.55. The first kappa shape index (κ1) is 24.1. The molecule has 0 fully saturated rings. The Hall–Kier alpha value is -2.54. The van der Waals surface area contributed by atoms with Gasteiger partial charge in [-0.15, -0.1) is 13.2 Å². The van der Waals surface area contributed by atoms with E-state index in [-0.39, 0.29) is 0 Å². The molecule has 0 N–H and O–H groups in total. The molecule has 3 aromatic rings. The molecule has 164 valence electrons. The minimum Gasteiger partial charge on any atom is -0.103 e. The topological polar surface area (TPSA) is 0 Å². The summed E-state index contributed by atoms with van der Waals surface area (Å²) in [6.07, 6.45) is 13.8. The molecule has 2 heteroatoms. The SMILES string of the molecule is C=CCCc1ccc(C/C=C/Cc2ccc(-c3ccc(CCC=C)c(Cl)c3)cc2)cc1Cl. The summed E-state index contributed by atoms with van der Waals surface area (Å²) in [5.41, 5.74) is 7.21. The zero-order valence-electron chi connectivity index (χ0n) is 18.5. The molecule has 3 rings (SSSR count). The average molecular weight is 461 g/mol. The smallest absolute Gasteiger partial charge is 0.0444 e. The molecule has 0 aliphatic carbocycles. The van der Waals surface area contributed by atoms with Gasteiger partial charge in [-0.1, -0.05) is 96.0 Å². The van der Waals surface area contributed by atoms with Gasteiger partial charge in [-0.3, -0.25) is 0 Å². The fourth-order valence-electron chi connectivity index (χ4n) is 3.64. The van der Waals surface area contributed by atoms with Crippen molar-refractivity contribution in [2.75, 3.05) is 0 Å². The highest BCUT2D eigenvalue weighted by atomic mass is 35.5. The first-order chi connectivity index (χ1) is 15.6. The predicted octanol–water partition coefficient (Wildman–Crippen LogP) is 9.24. The number of hydrogen-bond acceptors (Lipinski definition) is 0. The summed E-state index contributed by atoms with van der Waals surface area (Å²) in [4.78, 5) is 0. The standard InChI is InChI=1S/C30H30Cl2/c1-3-5-11-26-18-15-24(21-29(26)31)10-8-7-9-23-13-16-25(17-14-23)28-20-19-27(12-6-4-2)30(32)22-28/h3-4,7-8,13-22H,1-2,5-6,9-12H2/b8-7+. The van der Waals surface area contributed by atoms with Crippen LogP contribution in [0.1, 0.15) is 35.1 Å². The Kier molecular flexibility index (Phi) is 9.41. The number of halogens is 2. The number of rotatable bonds is 11. The lowest BCUT2D eigenvalue weighted by Crippen LogP contribution is -1.89. The van der Waals surface area contributed by atoms with Crippen LogP contribution >= 0.6 is 23.2 Å². The highest BCUT2D eigenvalue weighted by molar-refractivity contribution is 6.31. The van der Waals surface area contributed by atoms with Gasteiger partial charge < -0.3 is 0 Å². The van der Waals surface area contributed by atoms with Crippen molar-refractivity contribution < 1.29 is 0 Å². The second-order valence-corrected chi connectivity index (χ2v) is 8.78. The Balaban J connectivity index is 1.55. The number of benzene rings is 3. The molecule has 0 amide bonds. The van der Waals surface area contributed by atoms with E-state index >= 15 is 0 Å². The highest BCUT2D eigenvalue weighted by Crippen LogP contribution is 2.27. The third-order valence-corrected chi connectivity index (χ3v) is 6.27. The molecule has 3 aromatic carbocycles. The molecule has 0 spiro atoms. The summed E-state index contributed by atoms with van der Waals surface area (Å²) >= 11 is 12.9. The highest BCUT2D eigenvalue weighted by Gasteiger charge is 2.04. The van der Waals surface area contributed by atoms with Gasteiger partial charge in [-0.25, -0.2) is 0 Å². The fourth-order valence-corrected chi connectivity index (χ4v) is 4.21. The Morgan fingerprint density at radius 3 is 1.66 bits per heavy atom. The van der Waals surface area contributed by atoms with E-state index in [0.717, 1.165) is 54.1 Å². The summed E-state index contributed by atoms with van der Waals surface area (Å²) in [5, 5.41) is 1.67.